The summed E-state index contributed by atoms with van der Waals surface area (Å²) >= 11 is 5.89. The van der Waals surface area contributed by atoms with E-state index in [9.17, 15) is 9.59 Å². The van der Waals surface area contributed by atoms with Crippen LogP contribution in [-0.4, -0.2) is 59.7 Å². The van der Waals surface area contributed by atoms with Gasteiger partial charge in [0, 0.05) is 10.4 Å². The van der Waals surface area contributed by atoms with Crippen molar-refractivity contribution < 1.29 is 29.5 Å². The van der Waals surface area contributed by atoms with Gasteiger partial charge in [0.1, 0.15) is 24.7 Å². The van der Waals surface area contributed by atoms with Gasteiger partial charge in [-0.25, -0.2) is 10.1 Å². The lowest BCUT2D eigenvalue weighted by Crippen LogP contribution is -2.23. The van der Waals surface area contributed by atoms with E-state index in [4.69, 9.17) is 31.5 Å². The van der Waals surface area contributed by atoms with Gasteiger partial charge in [0.2, 0.25) is 12.8 Å². The van der Waals surface area contributed by atoms with Crippen molar-refractivity contribution in [2.75, 3.05) is 26.3 Å². The average Bonchev–Trinajstić information content (AvgIpc) is 2.81. The molecule has 0 fully saturated rings. The van der Waals surface area contributed by atoms with Crippen LogP contribution in [0, 0.1) is 6.92 Å². The Morgan fingerprint density at radius 2 is 1.50 bits per heavy atom. The summed E-state index contributed by atoms with van der Waals surface area (Å²) in [7, 11) is 0. The molecule has 0 spiro atoms. The lowest BCUT2D eigenvalue weighted by Gasteiger charge is -2.11. The van der Waals surface area contributed by atoms with Crippen molar-refractivity contribution in [1.29, 1.82) is 0 Å². The van der Waals surface area contributed by atoms with Gasteiger partial charge in [-0.3, -0.25) is 20.0 Å². The zero-order chi connectivity index (χ0) is 23.3. The molecule has 0 aliphatic rings. The van der Waals surface area contributed by atoms with Gasteiger partial charge in [0.05, 0.1) is 13.1 Å². The highest BCUT2D eigenvalue weighted by Crippen LogP contribution is 2.25. The zero-order valence-corrected chi connectivity index (χ0v) is 18.3. The van der Waals surface area contributed by atoms with Crippen molar-refractivity contribution in [1.82, 2.24) is 10.1 Å². The van der Waals surface area contributed by atoms with Crippen molar-refractivity contribution in [3.05, 3.63) is 71.2 Å². The third-order valence-corrected chi connectivity index (χ3v) is 4.71. The molecule has 170 valence electrons. The molecule has 9 heteroatoms. The van der Waals surface area contributed by atoms with E-state index in [0.29, 0.717) is 33.7 Å². The molecular weight excluding hydrogens is 436 g/mol. The largest absolute Gasteiger partial charge is 0.492 e. The first-order chi connectivity index (χ1) is 15.4. The number of halogens is 1. The molecule has 0 atom stereocenters. The normalized spacial score (nSPS) is 10.0. The molecule has 0 saturated carbocycles. The Morgan fingerprint density at radius 1 is 0.875 bits per heavy atom. The van der Waals surface area contributed by atoms with Gasteiger partial charge in [-0.05, 0) is 36.1 Å². The highest BCUT2D eigenvalue weighted by atomic mass is 35.5. The smallest absolute Gasteiger partial charge is 0.233 e. The average molecular weight is 461 g/mol. The molecule has 0 bridgehead atoms. The van der Waals surface area contributed by atoms with Gasteiger partial charge in [-0.1, -0.05) is 54.1 Å². The van der Waals surface area contributed by atoms with Crippen LogP contribution in [0.3, 0.4) is 0 Å². The Hall–Kier alpha value is -3.33. The van der Waals surface area contributed by atoms with Crippen LogP contribution in [0.2, 0.25) is 5.02 Å². The van der Waals surface area contributed by atoms with E-state index in [2.05, 4.69) is 0 Å². The minimum absolute atomic E-state index is 0.120. The van der Waals surface area contributed by atoms with Crippen molar-refractivity contribution in [2.45, 2.75) is 6.92 Å². The number of amides is 2. The van der Waals surface area contributed by atoms with E-state index in [-0.39, 0.29) is 26.3 Å². The van der Waals surface area contributed by atoms with Gasteiger partial charge in [-0.2, -0.15) is 0 Å². The van der Waals surface area contributed by atoms with Crippen molar-refractivity contribution >= 4 is 35.2 Å². The van der Waals surface area contributed by atoms with Crippen LogP contribution in [0.25, 0.3) is 10.8 Å². The molecule has 0 unspecified atom stereocenters. The van der Waals surface area contributed by atoms with Crippen molar-refractivity contribution in [2.24, 2.45) is 0 Å². The van der Waals surface area contributed by atoms with Gasteiger partial charge in [0.25, 0.3) is 0 Å². The van der Waals surface area contributed by atoms with Crippen LogP contribution < -0.4 is 9.47 Å². The zero-order valence-electron chi connectivity index (χ0n) is 17.6. The number of ether oxygens (including phenoxy) is 2. The van der Waals surface area contributed by atoms with Gasteiger partial charge < -0.3 is 9.47 Å². The predicted octanol–water partition coefficient (Wildman–Crippen LogP) is 3.94. The standard InChI is InChI=1S/C13H13NO3.C10H12ClNO3/c15-10-14(16)8-9-17-13-7-3-5-11-4-1-2-6-12(11)13;1-8-2-3-9(6-10(8)11)15-5-4-12(14)7-13/h1-7,10,16H,8-9H2;2-3,6-7,14H,4-5H2,1H3. The minimum atomic E-state index is 0.120. The monoisotopic (exact) mass is 460 g/mol. The first kappa shape index (κ1) is 24.9. The van der Waals surface area contributed by atoms with E-state index >= 15 is 0 Å². The summed E-state index contributed by atoms with van der Waals surface area (Å²) in [6.07, 6.45) is 0.679. The summed E-state index contributed by atoms with van der Waals surface area (Å²) in [5.41, 5.74) is 0.973. The van der Waals surface area contributed by atoms with Crippen LogP contribution in [0.15, 0.2) is 60.7 Å². The highest BCUT2D eigenvalue weighted by molar-refractivity contribution is 6.31. The number of nitrogens with zero attached hydrogens (tertiary/aromatic N) is 2. The summed E-state index contributed by atoms with van der Waals surface area (Å²) < 4.78 is 10.8. The molecule has 0 aromatic heterocycles. The third-order valence-electron chi connectivity index (χ3n) is 4.30. The molecule has 3 rings (SSSR count). The lowest BCUT2D eigenvalue weighted by atomic mass is 10.1. The number of aryl methyl sites for hydroxylation is 1. The summed E-state index contributed by atoms with van der Waals surface area (Å²) in [5, 5.41) is 21.6. The SMILES string of the molecule is Cc1ccc(OCCN(O)C=O)cc1Cl.O=CN(O)CCOc1cccc2ccccc12. The first-order valence-corrected chi connectivity index (χ1v) is 10.1. The lowest BCUT2D eigenvalue weighted by molar-refractivity contribution is -0.151. The maximum Gasteiger partial charge on any atom is 0.233 e. The predicted molar refractivity (Wildman–Crippen MR) is 120 cm³/mol. The molecule has 8 nitrogen and oxygen atoms in total. The van der Waals surface area contributed by atoms with Crippen LogP contribution in [0.4, 0.5) is 0 Å². The van der Waals surface area contributed by atoms with Gasteiger partial charge in [0.15, 0.2) is 0 Å². The number of rotatable bonds is 10. The summed E-state index contributed by atoms with van der Waals surface area (Å²) in [4.78, 5) is 20.2. The van der Waals surface area contributed by atoms with Crippen molar-refractivity contribution in [3.8, 4) is 11.5 Å². The maximum absolute atomic E-state index is 10.2. The molecule has 0 heterocycles. The Bertz CT molecular complexity index is 1010. The number of hydroxylamine groups is 4. The summed E-state index contributed by atoms with van der Waals surface area (Å²) in [5.74, 6) is 1.37. The fourth-order valence-electron chi connectivity index (χ4n) is 2.60. The molecule has 3 aromatic rings. The molecular formula is C23H25ClN2O6. The fraction of sp³-hybridized carbons (Fsp3) is 0.217. The van der Waals surface area contributed by atoms with Crippen LogP contribution in [0.1, 0.15) is 5.56 Å². The molecule has 3 aromatic carbocycles. The second-order valence-corrected chi connectivity index (χ2v) is 7.03. The maximum atomic E-state index is 10.2. The molecule has 0 radical (unpaired) electrons. The molecule has 2 amide bonds. The second kappa shape index (κ2) is 13.2. The number of carbonyl (C=O) groups excluding carboxylic acids is 2. The molecule has 0 saturated heterocycles. The molecule has 32 heavy (non-hydrogen) atoms. The Balaban J connectivity index is 0.000000229. The topological polar surface area (TPSA) is 99.5 Å². The van der Waals surface area contributed by atoms with Gasteiger partial charge in [-0.15, -0.1) is 0 Å². The van der Waals surface area contributed by atoms with Crippen molar-refractivity contribution in [3.63, 3.8) is 0 Å². The van der Waals surface area contributed by atoms with E-state index in [0.717, 1.165) is 22.1 Å². The molecule has 0 aliphatic carbocycles. The van der Waals surface area contributed by atoms with Gasteiger partial charge >= 0.3 is 0 Å². The van der Waals surface area contributed by atoms with E-state index < -0.39 is 0 Å². The van der Waals surface area contributed by atoms with E-state index in [1.54, 1.807) is 12.1 Å². The molecule has 2 N–H and O–H groups in total. The number of hydrogen-bond donors (Lipinski definition) is 2. The third kappa shape index (κ3) is 8.07. The minimum Gasteiger partial charge on any atom is -0.492 e. The van der Waals surface area contributed by atoms with E-state index in [1.165, 1.54) is 0 Å². The second-order valence-electron chi connectivity index (χ2n) is 6.62. The first-order valence-electron chi connectivity index (χ1n) is 9.75. The Kier molecular flexibility index (Phi) is 10.3. The Morgan fingerprint density at radius 3 is 2.16 bits per heavy atom. The number of carbonyl (C=O) groups is 2. The quantitative estimate of drug-likeness (QED) is 0.270. The number of hydrogen-bond acceptors (Lipinski definition) is 6. The number of benzene rings is 3. The van der Waals surface area contributed by atoms with Crippen LogP contribution in [-0.2, 0) is 9.59 Å². The Labute approximate surface area is 191 Å². The summed E-state index contributed by atoms with van der Waals surface area (Å²) in [6, 6.07) is 19.0. The fourth-order valence-corrected chi connectivity index (χ4v) is 2.77. The molecule has 0 aliphatic heterocycles. The highest BCUT2D eigenvalue weighted by Gasteiger charge is 2.02. The van der Waals surface area contributed by atoms with Crippen LogP contribution in [0.5, 0.6) is 11.5 Å². The van der Waals surface area contributed by atoms with E-state index in [1.807, 2.05) is 55.5 Å². The summed E-state index contributed by atoms with van der Waals surface area (Å²) in [6.45, 7) is 2.63. The van der Waals surface area contributed by atoms with Crippen LogP contribution >= 0.6 is 11.6 Å². The number of fused-ring (bicyclic) bond motifs is 1.